The molecule has 11 heteroatoms. The summed E-state index contributed by atoms with van der Waals surface area (Å²) in [6.45, 7) is 38.3. The van der Waals surface area contributed by atoms with Crippen molar-refractivity contribution in [2.75, 3.05) is 0 Å². The molecule has 0 aliphatic rings. The topological polar surface area (TPSA) is 116 Å². The van der Waals surface area contributed by atoms with Crippen LogP contribution in [0.5, 0.6) is 0 Å². The molecule has 280 valence electrons. The summed E-state index contributed by atoms with van der Waals surface area (Å²) < 4.78 is 12.1. The fourth-order valence-electron chi connectivity index (χ4n) is 4.70. The maximum absolute atomic E-state index is 8.91. The zero-order valence-electron chi connectivity index (χ0n) is 34.0. The maximum Gasteiger partial charge on any atom is 0.180 e. The van der Waals surface area contributed by atoms with E-state index in [1.165, 1.54) is 27.4 Å². The molecule has 5 aromatic rings. The average molecular weight is 729 g/mol. The van der Waals surface area contributed by atoms with Crippen LogP contribution in [0.4, 0.5) is 0 Å². The Morgan fingerprint density at radius 3 is 1.50 bits per heavy atom. The van der Waals surface area contributed by atoms with Gasteiger partial charge < -0.3 is 18.6 Å². The second kappa shape index (κ2) is 18.4. The number of aliphatic hydroxyl groups excluding tert-OH is 1. The van der Waals surface area contributed by atoms with Crippen LogP contribution in [0.3, 0.4) is 0 Å². The van der Waals surface area contributed by atoms with Crippen molar-refractivity contribution >= 4 is 22.7 Å². The maximum atomic E-state index is 8.91. The van der Waals surface area contributed by atoms with Crippen LogP contribution >= 0.6 is 22.7 Å². The number of nitrogens with zero attached hydrogens (tertiary/aromatic N) is 6. The van der Waals surface area contributed by atoms with E-state index in [-0.39, 0.29) is 33.8 Å². The number of imidazole rings is 1. The van der Waals surface area contributed by atoms with Gasteiger partial charge in [-0.25, -0.2) is 19.9 Å². The summed E-state index contributed by atoms with van der Waals surface area (Å²) in [7, 11) is 0. The standard InChI is InChI=1S/C8H14N2.C8H13NOS.C8H13NO.C8H13NS.C7H11NO/c1-7-9-5-6-10(7)8(2,3)4;1-8(2,3)7-6(4-10)9-5-11-7;1-6-7(5-10-9-6)8(2,3)4;1-6-7(8(2,3)4)10-5-9-6;1-7(2,3)6-4-8-5-9-6/h5-6H,1-4H3;5,10H,4H2,1-3H3;2*5H,1-4H3;4-5H,1-3H3. The lowest BCUT2D eigenvalue weighted by molar-refractivity contribution is 0.274. The summed E-state index contributed by atoms with van der Waals surface area (Å²) in [6.07, 6.45) is 8.77. The minimum atomic E-state index is 0.0517. The molecule has 0 aliphatic heterocycles. The first-order chi connectivity index (χ1) is 22.7. The van der Waals surface area contributed by atoms with Gasteiger partial charge in [0.05, 0.1) is 40.9 Å². The quantitative estimate of drug-likeness (QED) is 0.181. The highest BCUT2D eigenvalue weighted by atomic mass is 32.1. The second-order valence-electron chi connectivity index (χ2n) is 17.2. The zero-order valence-corrected chi connectivity index (χ0v) is 35.6. The average Bonchev–Trinajstić information content (AvgIpc) is 3.78. The van der Waals surface area contributed by atoms with Crippen molar-refractivity contribution in [2.45, 2.75) is 158 Å². The summed E-state index contributed by atoms with van der Waals surface area (Å²) in [6, 6.07) is 0. The number of aromatic nitrogens is 6. The molecule has 50 heavy (non-hydrogen) atoms. The number of rotatable bonds is 1. The summed E-state index contributed by atoms with van der Waals surface area (Å²) in [5.41, 5.74) is 8.67. The molecule has 0 unspecified atom stereocenters. The number of aryl methyl sites for hydroxylation is 3. The molecule has 5 heterocycles. The molecular formula is C39H64N6O3S2. The molecule has 5 rings (SSSR count). The van der Waals surface area contributed by atoms with E-state index in [1.54, 1.807) is 40.6 Å². The van der Waals surface area contributed by atoms with Crippen molar-refractivity contribution in [3.05, 3.63) is 86.3 Å². The predicted molar refractivity (Wildman–Crippen MR) is 209 cm³/mol. The molecule has 5 aromatic heterocycles. The Bertz CT molecular complexity index is 1520. The van der Waals surface area contributed by atoms with Gasteiger partial charge in [-0.05, 0) is 57.8 Å². The first-order valence-electron chi connectivity index (χ1n) is 17.0. The van der Waals surface area contributed by atoms with Crippen molar-refractivity contribution in [3.63, 3.8) is 0 Å². The van der Waals surface area contributed by atoms with Gasteiger partial charge >= 0.3 is 0 Å². The number of oxazole rings is 1. The molecular weight excluding hydrogens is 665 g/mol. The van der Waals surface area contributed by atoms with Crippen LogP contribution in [0.2, 0.25) is 0 Å². The van der Waals surface area contributed by atoms with Crippen LogP contribution in [0, 0.1) is 20.8 Å². The smallest absolute Gasteiger partial charge is 0.180 e. The van der Waals surface area contributed by atoms with Gasteiger partial charge in [0.25, 0.3) is 0 Å². The summed E-state index contributed by atoms with van der Waals surface area (Å²) in [4.78, 5) is 18.8. The summed E-state index contributed by atoms with van der Waals surface area (Å²) in [5.74, 6) is 2.01. The number of hydrogen-bond donors (Lipinski definition) is 1. The molecule has 0 fully saturated rings. The van der Waals surface area contributed by atoms with Crippen LogP contribution in [0.15, 0.2) is 51.2 Å². The van der Waals surface area contributed by atoms with E-state index < -0.39 is 0 Å². The van der Waals surface area contributed by atoms with E-state index >= 15 is 0 Å². The molecule has 1 N–H and O–H groups in total. The SMILES string of the molecule is CC(C)(C)c1cnco1.CC(C)(C)c1scnc1CO.Cc1nccn1C(C)(C)C.Cc1ncsc1C(C)(C)C.Cc1nocc1C(C)(C)C. The predicted octanol–water partition coefficient (Wildman–Crippen LogP) is 10.9. The Hall–Kier alpha value is -3.15. The van der Waals surface area contributed by atoms with E-state index in [0.29, 0.717) is 0 Å². The summed E-state index contributed by atoms with van der Waals surface area (Å²) >= 11 is 3.36. The van der Waals surface area contributed by atoms with Gasteiger partial charge in [-0.2, -0.15) is 0 Å². The van der Waals surface area contributed by atoms with E-state index in [9.17, 15) is 0 Å². The summed E-state index contributed by atoms with van der Waals surface area (Å²) in [5, 5.41) is 12.7. The monoisotopic (exact) mass is 728 g/mol. The molecule has 0 saturated heterocycles. The third-order valence-electron chi connectivity index (χ3n) is 7.18. The number of thiazole rings is 2. The molecule has 0 amide bonds. The molecule has 0 spiro atoms. The lowest BCUT2D eigenvalue weighted by Crippen LogP contribution is -2.21. The Balaban J connectivity index is 0.000000313. The van der Waals surface area contributed by atoms with Crippen molar-refractivity contribution in [1.82, 2.24) is 29.7 Å². The highest BCUT2D eigenvalue weighted by Gasteiger charge is 2.21. The number of aliphatic hydroxyl groups is 1. The highest BCUT2D eigenvalue weighted by molar-refractivity contribution is 7.10. The van der Waals surface area contributed by atoms with Crippen molar-refractivity contribution in [2.24, 2.45) is 0 Å². The van der Waals surface area contributed by atoms with Gasteiger partial charge in [0.15, 0.2) is 6.39 Å². The highest BCUT2D eigenvalue weighted by Crippen LogP contribution is 2.29. The molecule has 0 radical (unpaired) electrons. The minimum absolute atomic E-state index is 0.0517. The molecule has 0 saturated carbocycles. The van der Waals surface area contributed by atoms with Crippen LogP contribution in [-0.4, -0.2) is 34.8 Å². The van der Waals surface area contributed by atoms with Gasteiger partial charge in [-0.3, -0.25) is 0 Å². The third kappa shape index (κ3) is 15.0. The molecule has 0 aromatic carbocycles. The zero-order chi connectivity index (χ0) is 38.7. The van der Waals surface area contributed by atoms with E-state index in [0.717, 1.165) is 23.0 Å². The molecule has 0 aliphatic carbocycles. The van der Waals surface area contributed by atoms with Gasteiger partial charge in [-0.1, -0.05) is 88.2 Å². The number of hydrogen-bond acceptors (Lipinski definition) is 10. The molecule has 9 nitrogen and oxygen atoms in total. The molecule has 0 atom stereocenters. The van der Waals surface area contributed by atoms with E-state index in [2.05, 4.69) is 140 Å². The van der Waals surface area contributed by atoms with E-state index in [1.807, 2.05) is 31.8 Å². The Kier molecular flexibility index (Phi) is 16.5. The largest absolute Gasteiger partial charge is 0.448 e. The van der Waals surface area contributed by atoms with Crippen molar-refractivity contribution < 1.29 is 14.0 Å². The lowest BCUT2D eigenvalue weighted by atomic mass is 9.88. The normalized spacial score (nSPS) is 12.0. The van der Waals surface area contributed by atoms with E-state index in [4.69, 9.17) is 14.0 Å². The molecule has 0 bridgehead atoms. The minimum Gasteiger partial charge on any atom is -0.448 e. The van der Waals surface area contributed by atoms with Crippen molar-refractivity contribution in [3.8, 4) is 0 Å². The first kappa shape index (κ1) is 44.9. The van der Waals surface area contributed by atoms with Crippen LogP contribution < -0.4 is 0 Å². The fourth-order valence-corrected chi connectivity index (χ4v) is 6.48. The van der Waals surface area contributed by atoms with Crippen LogP contribution in [0.25, 0.3) is 0 Å². The van der Waals surface area contributed by atoms with Gasteiger partial charge in [0.2, 0.25) is 0 Å². The van der Waals surface area contributed by atoms with Crippen molar-refractivity contribution in [1.29, 1.82) is 0 Å². The van der Waals surface area contributed by atoms with Crippen LogP contribution in [-0.2, 0) is 33.8 Å². The van der Waals surface area contributed by atoms with Gasteiger partial charge in [0.1, 0.15) is 17.8 Å². The Morgan fingerprint density at radius 2 is 1.26 bits per heavy atom. The van der Waals surface area contributed by atoms with Gasteiger partial charge in [0, 0.05) is 38.7 Å². The first-order valence-corrected chi connectivity index (χ1v) is 18.7. The Morgan fingerprint density at radius 1 is 0.700 bits per heavy atom. The van der Waals surface area contributed by atoms with Gasteiger partial charge in [-0.15, -0.1) is 22.7 Å². The lowest BCUT2D eigenvalue weighted by Gasteiger charge is -2.21. The second-order valence-corrected chi connectivity index (χ2v) is 19.0. The van der Waals surface area contributed by atoms with Crippen LogP contribution in [0.1, 0.15) is 148 Å². The Labute approximate surface area is 310 Å². The fraction of sp³-hybridized carbons (Fsp3) is 0.615. The third-order valence-corrected chi connectivity index (χ3v) is 9.83.